The maximum absolute atomic E-state index is 12.8. The zero-order valence-corrected chi connectivity index (χ0v) is 27.2. The third kappa shape index (κ3) is 9.68. The molecule has 4 aromatic carbocycles. The van der Waals surface area contributed by atoms with Gasteiger partial charge in [-0.25, -0.2) is 4.79 Å². The molecule has 1 aliphatic heterocycles. The Hall–Kier alpha value is -4.68. The van der Waals surface area contributed by atoms with Crippen molar-refractivity contribution in [2.75, 3.05) is 22.1 Å². The maximum Gasteiger partial charge on any atom is 0.336 e. The second kappa shape index (κ2) is 16.9. The highest BCUT2D eigenvalue weighted by Gasteiger charge is 2.32. The van der Waals surface area contributed by atoms with Crippen LogP contribution in [0.3, 0.4) is 0 Å². The van der Waals surface area contributed by atoms with E-state index in [2.05, 4.69) is 10.6 Å². The minimum absolute atomic E-state index is 0.0581. The van der Waals surface area contributed by atoms with Gasteiger partial charge in [-0.1, -0.05) is 60.7 Å². The number of para-hydroxylation sites is 2. The molecule has 10 nitrogen and oxygen atoms in total. The second-order valence-corrected chi connectivity index (χ2v) is 12.5. The third-order valence-electron chi connectivity index (χ3n) is 7.89. The van der Waals surface area contributed by atoms with Crippen molar-refractivity contribution < 1.29 is 34.1 Å². The number of aliphatic hydroxyl groups is 1. The van der Waals surface area contributed by atoms with Crippen LogP contribution in [0.2, 0.25) is 0 Å². The van der Waals surface area contributed by atoms with Crippen LogP contribution in [0.5, 0.6) is 0 Å². The Morgan fingerprint density at radius 2 is 1.52 bits per heavy atom. The number of aromatic carboxylic acids is 1. The smallest absolute Gasteiger partial charge is 0.336 e. The lowest BCUT2D eigenvalue weighted by Gasteiger charge is -2.36. The molecular weight excluding hydrogens is 630 g/mol. The lowest BCUT2D eigenvalue weighted by molar-refractivity contribution is -0.245. The van der Waals surface area contributed by atoms with Crippen molar-refractivity contribution in [2.45, 2.75) is 62.1 Å². The number of carboxylic acids is 1. The lowest BCUT2D eigenvalue weighted by Crippen LogP contribution is -2.31. The Morgan fingerprint density at radius 1 is 0.812 bits per heavy atom. The van der Waals surface area contributed by atoms with Crippen LogP contribution in [0.4, 0.5) is 17.1 Å². The summed E-state index contributed by atoms with van der Waals surface area (Å²) < 4.78 is 12.9. The zero-order valence-electron chi connectivity index (χ0n) is 26.3. The van der Waals surface area contributed by atoms with Crippen molar-refractivity contribution in [1.82, 2.24) is 0 Å². The highest BCUT2D eigenvalue weighted by atomic mass is 32.2. The van der Waals surface area contributed by atoms with Gasteiger partial charge in [0, 0.05) is 41.2 Å². The van der Waals surface area contributed by atoms with Crippen molar-refractivity contribution in [2.24, 2.45) is 0 Å². The van der Waals surface area contributed by atoms with E-state index in [-0.39, 0.29) is 49.0 Å². The van der Waals surface area contributed by atoms with Crippen LogP contribution < -0.4 is 16.4 Å². The number of amides is 2. The summed E-state index contributed by atoms with van der Waals surface area (Å²) in [5.74, 6) is -0.802. The number of carbonyl (C=O) groups excluding carboxylic acids is 2. The fraction of sp³-hybridized carbons (Fsp3) is 0.270. The molecule has 250 valence electrons. The Morgan fingerprint density at radius 3 is 2.25 bits per heavy atom. The van der Waals surface area contributed by atoms with Crippen molar-refractivity contribution in [3.8, 4) is 0 Å². The van der Waals surface area contributed by atoms with Crippen LogP contribution in [0, 0.1) is 0 Å². The summed E-state index contributed by atoms with van der Waals surface area (Å²) in [6.45, 7) is -0.0581. The van der Waals surface area contributed by atoms with Crippen molar-refractivity contribution >= 4 is 46.6 Å². The predicted octanol–water partition coefficient (Wildman–Crippen LogP) is 6.93. The summed E-state index contributed by atoms with van der Waals surface area (Å²) in [6.07, 6.45) is 0.840. The average Bonchev–Trinajstić information content (AvgIpc) is 3.10. The van der Waals surface area contributed by atoms with E-state index in [1.54, 1.807) is 48.5 Å². The van der Waals surface area contributed by atoms with E-state index in [0.29, 0.717) is 47.0 Å². The number of ether oxygens (including phenoxy) is 2. The van der Waals surface area contributed by atoms with Gasteiger partial charge in [-0.05, 0) is 60.4 Å². The summed E-state index contributed by atoms with van der Waals surface area (Å²) in [5.41, 5.74) is 10.3. The summed E-state index contributed by atoms with van der Waals surface area (Å²) >= 11 is 1.42. The number of benzene rings is 4. The number of rotatable bonds is 14. The number of carbonyl (C=O) groups is 3. The molecule has 1 heterocycles. The quantitative estimate of drug-likeness (QED) is 0.0545. The van der Waals surface area contributed by atoms with E-state index in [4.69, 9.17) is 15.2 Å². The van der Waals surface area contributed by atoms with Crippen LogP contribution in [-0.2, 0) is 25.7 Å². The first-order chi connectivity index (χ1) is 23.3. The van der Waals surface area contributed by atoms with Gasteiger partial charge in [0.05, 0.1) is 35.8 Å². The van der Waals surface area contributed by atoms with E-state index >= 15 is 0 Å². The molecule has 2 amide bonds. The van der Waals surface area contributed by atoms with E-state index < -0.39 is 12.3 Å². The summed E-state index contributed by atoms with van der Waals surface area (Å²) in [5, 5.41) is 24.9. The van der Waals surface area contributed by atoms with Crippen LogP contribution in [0.15, 0.2) is 102 Å². The van der Waals surface area contributed by atoms with E-state index in [1.807, 2.05) is 48.5 Å². The van der Waals surface area contributed by atoms with E-state index in [9.17, 15) is 24.6 Å². The van der Waals surface area contributed by atoms with Gasteiger partial charge < -0.3 is 36.1 Å². The molecule has 6 N–H and O–H groups in total. The number of nitrogen functional groups attached to an aromatic ring is 1. The van der Waals surface area contributed by atoms with E-state index in [1.165, 1.54) is 11.8 Å². The molecule has 1 fully saturated rings. The summed E-state index contributed by atoms with van der Waals surface area (Å²) in [6, 6.07) is 28.8. The highest BCUT2D eigenvalue weighted by Crippen LogP contribution is 2.40. The first-order valence-electron chi connectivity index (χ1n) is 15.8. The molecule has 0 unspecified atom stereocenters. The van der Waals surface area contributed by atoms with Gasteiger partial charge in [0.15, 0.2) is 6.29 Å². The number of aliphatic hydroxyl groups excluding tert-OH is 1. The predicted molar refractivity (Wildman–Crippen MR) is 186 cm³/mol. The molecule has 0 aromatic heterocycles. The van der Waals surface area contributed by atoms with Gasteiger partial charge in [-0.2, -0.15) is 0 Å². The molecule has 0 radical (unpaired) electrons. The van der Waals surface area contributed by atoms with Gasteiger partial charge >= 0.3 is 5.97 Å². The number of unbranched alkanes of at least 4 members (excludes halogenated alkanes) is 1. The normalized spacial score (nSPS) is 17.4. The average molecular weight is 670 g/mol. The molecular formula is C37H39N3O7S. The second-order valence-electron chi connectivity index (χ2n) is 11.5. The molecule has 1 saturated heterocycles. The number of thioether (sulfide) groups is 1. The van der Waals surface area contributed by atoms with Gasteiger partial charge in [-0.15, -0.1) is 11.8 Å². The zero-order chi connectivity index (χ0) is 33.9. The Labute approximate surface area is 283 Å². The van der Waals surface area contributed by atoms with Crippen molar-refractivity contribution in [3.63, 3.8) is 0 Å². The number of nitrogens with one attached hydrogen (secondary N) is 2. The Bertz CT molecular complexity index is 1720. The summed E-state index contributed by atoms with van der Waals surface area (Å²) in [4.78, 5) is 37.5. The topological polar surface area (TPSA) is 160 Å². The largest absolute Gasteiger partial charge is 0.478 e. The van der Waals surface area contributed by atoms with Gasteiger partial charge in [0.2, 0.25) is 11.8 Å². The SMILES string of the molecule is Nc1ccccc1NC(=O)CCCCC(=O)Nc1cccc([C@@H]2O[C@H](CSc3ccccc3C(=O)O)C[C@H](c3ccc(CO)cc3)O2)c1. The van der Waals surface area contributed by atoms with E-state index in [0.717, 1.165) is 16.7 Å². The highest BCUT2D eigenvalue weighted by molar-refractivity contribution is 7.99. The molecule has 5 rings (SSSR count). The van der Waals surface area contributed by atoms with Crippen molar-refractivity contribution in [1.29, 1.82) is 0 Å². The Balaban J connectivity index is 1.20. The minimum Gasteiger partial charge on any atom is -0.478 e. The first-order valence-corrected chi connectivity index (χ1v) is 16.8. The molecule has 1 aliphatic rings. The summed E-state index contributed by atoms with van der Waals surface area (Å²) in [7, 11) is 0. The molecule has 0 spiro atoms. The first kappa shape index (κ1) is 34.6. The fourth-order valence-electron chi connectivity index (χ4n) is 5.36. The monoisotopic (exact) mass is 669 g/mol. The van der Waals surface area contributed by atoms with Crippen LogP contribution in [-0.4, -0.2) is 39.9 Å². The molecule has 48 heavy (non-hydrogen) atoms. The Kier molecular flexibility index (Phi) is 12.2. The molecule has 0 saturated carbocycles. The number of hydrogen-bond donors (Lipinski definition) is 5. The van der Waals surface area contributed by atoms with Crippen LogP contribution >= 0.6 is 11.8 Å². The fourth-order valence-corrected chi connectivity index (χ4v) is 6.42. The number of carboxylic acid groups (broad SMARTS) is 1. The molecule has 3 atom stereocenters. The number of hydrogen-bond acceptors (Lipinski definition) is 8. The number of anilines is 3. The third-order valence-corrected chi connectivity index (χ3v) is 9.10. The standard InChI is InChI=1S/C37H39N3O7S/c38-30-11-2-3-12-31(30)40-35(43)15-6-5-14-34(42)39-27-9-7-8-26(20-27)37-46-28(23-48-33-13-4-1-10-29(33)36(44)45)21-32(47-37)25-18-16-24(22-41)17-19-25/h1-4,7-13,16-20,28,32,37,41H,5-6,14-15,21-23,38H2,(H,39,42)(H,40,43)(H,44,45)/t28-,32+,37+/m0/s1. The van der Waals surface area contributed by atoms with Gasteiger partial charge in [0.1, 0.15) is 0 Å². The lowest BCUT2D eigenvalue weighted by atomic mass is 10.0. The van der Waals surface area contributed by atoms with Gasteiger partial charge in [0.25, 0.3) is 0 Å². The van der Waals surface area contributed by atoms with Gasteiger partial charge in [-0.3, -0.25) is 9.59 Å². The van der Waals surface area contributed by atoms with Crippen LogP contribution in [0.25, 0.3) is 0 Å². The molecule has 0 bridgehead atoms. The molecule has 0 aliphatic carbocycles. The van der Waals surface area contributed by atoms with Crippen molar-refractivity contribution in [3.05, 3.63) is 119 Å². The number of nitrogens with two attached hydrogens (primary N) is 1. The molecule has 4 aromatic rings. The van der Waals surface area contributed by atoms with Crippen LogP contribution in [0.1, 0.15) is 71.5 Å². The molecule has 11 heteroatoms. The maximum atomic E-state index is 12.8. The minimum atomic E-state index is -0.983.